The molecule has 2 aromatic carbocycles. The average molecular weight is 626 g/mol. The summed E-state index contributed by atoms with van der Waals surface area (Å²) in [6.07, 6.45) is 14.9. The first-order chi connectivity index (χ1) is 16.9. The zero-order chi connectivity index (χ0) is 26.0. The van der Waals surface area contributed by atoms with Crippen molar-refractivity contribution in [3.05, 3.63) is 85.1 Å². The summed E-state index contributed by atoms with van der Waals surface area (Å²) in [4.78, 5) is 0. The molecule has 0 aromatic heterocycles. The zero-order valence-electron chi connectivity index (χ0n) is 24.5. The van der Waals surface area contributed by atoms with Gasteiger partial charge in [0.1, 0.15) is 0 Å². The fourth-order valence-corrected chi connectivity index (χ4v) is 8.03. The molecule has 0 heterocycles. The number of hydrogen-bond acceptors (Lipinski definition) is 0. The molecule has 3 heteroatoms. The van der Waals surface area contributed by atoms with E-state index in [2.05, 4.69) is 91.8 Å². The van der Waals surface area contributed by atoms with E-state index >= 15 is 0 Å². The van der Waals surface area contributed by atoms with Gasteiger partial charge in [0, 0.05) is 0 Å². The average Bonchev–Trinajstić information content (AvgIpc) is 3.44. The Labute approximate surface area is 258 Å². The topological polar surface area (TPSA) is 0 Å². The van der Waals surface area contributed by atoms with E-state index in [-0.39, 0.29) is 35.6 Å². The molecule has 0 bridgehead atoms. The third-order valence-electron chi connectivity index (χ3n) is 8.57. The molecule has 2 aromatic rings. The van der Waals surface area contributed by atoms with Gasteiger partial charge >= 0.3 is 235 Å². The summed E-state index contributed by atoms with van der Waals surface area (Å²) >= 11 is 1.53. The van der Waals surface area contributed by atoms with Gasteiger partial charge in [-0.2, -0.15) is 0 Å². The van der Waals surface area contributed by atoms with E-state index in [1.807, 2.05) is 0 Å². The van der Waals surface area contributed by atoms with Crippen LogP contribution in [0.5, 0.6) is 0 Å². The molecule has 1 saturated carbocycles. The molecule has 0 spiro atoms. The quantitative estimate of drug-likeness (QED) is 0.481. The molecule has 0 unspecified atom stereocenters. The molecule has 5 rings (SSSR count). The van der Waals surface area contributed by atoms with Crippen molar-refractivity contribution in [2.75, 3.05) is 0 Å². The first-order valence-corrected chi connectivity index (χ1v) is 15.3. The van der Waals surface area contributed by atoms with Crippen LogP contribution in [-0.4, -0.2) is 0 Å². The molecule has 38 heavy (non-hydrogen) atoms. The minimum Gasteiger partial charge on any atom is -1.00 e. The Morgan fingerprint density at radius 2 is 1.50 bits per heavy atom. The van der Waals surface area contributed by atoms with Gasteiger partial charge in [-0.15, -0.1) is 0 Å². The number of hydrogen-bond donors (Lipinski definition) is 0. The maximum Gasteiger partial charge on any atom is -1.00 e. The molecular weight excluding hydrogens is 583 g/mol. The molecule has 0 radical (unpaired) electrons. The molecule has 1 fully saturated rings. The van der Waals surface area contributed by atoms with Gasteiger partial charge in [-0.3, -0.25) is 0 Å². The maximum atomic E-state index is 2.52. The van der Waals surface area contributed by atoms with Crippen LogP contribution in [-0.2, 0) is 35.5 Å². The molecule has 201 valence electrons. The van der Waals surface area contributed by atoms with Crippen LogP contribution in [0.2, 0.25) is 0 Å². The Hall–Kier alpha value is -0.877. The van der Waals surface area contributed by atoms with Crippen molar-refractivity contribution in [1.82, 2.24) is 0 Å². The third kappa shape index (κ3) is 5.39. The van der Waals surface area contributed by atoms with Gasteiger partial charge in [-0.1, -0.05) is 0 Å². The molecule has 0 aliphatic heterocycles. The molecular formula is C35H43Cl2Zr. The van der Waals surface area contributed by atoms with E-state index in [1.165, 1.54) is 84.0 Å². The number of fused-ring (bicyclic) bond motifs is 2. The van der Waals surface area contributed by atoms with Crippen LogP contribution in [0.4, 0.5) is 0 Å². The SMILES string of the molecule is CC(C)=c1c(C2CCCCC2)c(C(C)(C)C)c(C2=CC=CC2)c2c1=c1ccc(C(C)(C)C)cc1=[C]2[Zr+2].[Cl-].[Cl-]. The van der Waals surface area contributed by atoms with Crippen LogP contribution in [0.25, 0.3) is 14.4 Å². The van der Waals surface area contributed by atoms with Crippen LogP contribution >= 0.6 is 0 Å². The van der Waals surface area contributed by atoms with Gasteiger partial charge in [0.05, 0.1) is 0 Å². The van der Waals surface area contributed by atoms with Crippen molar-refractivity contribution in [3.8, 4) is 0 Å². The maximum absolute atomic E-state index is 2.52. The second-order valence-electron chi connectivity index (χ2n) is 13.6. The van der Waals surface area contributed by atoms with Crippen LogP contribution in [0.3, 0.4) is 0 Å². The van der Waals surface area contributed by atoms with Crippen LogP contribution in [0.1, 0.15) is 128 Å². The zero-order valence-corrected chi connectivity index (χ0v) is 28.5. The number of allylic oxidation sites excluding steroid dienone is 4. The first kappa shape index (κ1) is 31.6. The Bertz CT molecular complexity index is 1510. The molecule has 0 saturated heterocycles. The molecule has 0 amide bonds. The Morgan fingerprint density at radius 1 is 0.842 bits per heavy atom. The van der Waals surface area contributed by atoms with Crippen LogP contribution in [0, 0.1) is 10.4 Å². The van der Waals surface area contributed by atoms with Crippen molar-refractivity contribution < 1.29 is 49.5 Å². The monoisotopic (exact) mass is 623 g/mol. The summed E-state index contributed by atoms with van der Waals surface area (Å²) in [5.74, 6) is 0.669. The van der Waals surface area contributed by atoms with E-state index in [9.17, 15) is 0 Å². The van der Waals surface area contributed by atoms with E-state index < -0.39 is 0 Å². The van der Waals surface area contributed by atoms with E-state index in [4.69, 9.17) is 0 Å². The fourth-order valence-electron chi connectivity index (χ4n) is 6.91. The standard InChI is InChI=1S/C35H43.2ClH.Zr/c1-22(2)29-31(24-14-10-9-11-15-24)33(35(6,7)8)30(23-16-12-13-17-23)28-21-25-20-26(34(3,4)5)18-19-27(25)32(28)29;;;/h12-13,16,18-20,24H,9-11,14-15,17H2,1-8H3;2*1H;/q;;;+2/p-2. The molecule has 3 aliphatic carbocycles. The summed E-state index contributed by atoms with van der Waals surface area (Å²) in [5.41, 5.74) is 11.2. The summed E-state index contributed by atoms with van der Waals surface area (Å²) in [6.45, 7) is 19.2. The van der Waals surface area contributed by atoms with E-state index in [0.29, 0.717) is 5.92 Å². The van der Waals surface area contributed by atoms with Crippen molar-refractivity contribution in [2.24, 2.45) is 0 Å². The smallest absolute Gasteiger partial charge is 1.00 e. The van der Waals surface area contributed by atoms with Crippen LogP contribution in [0.15, 0.2) is 36.4 Å². The van der Waals surface area contributed by atoms with Gasteiger partial charge in [-0.25, -0.2) is 0 Å². The van der Waals surface area contributed by atoms with Crippen molar-refractivity contribution in [2.45, 2.75) is 111 Å². The summed E-state index contributed by atoms with van der Waals surface area (Å²) < 4.78 is 1.56. The molecule has 0 atom stereocenters. The second kappa shape index (κ2) is 11.5. The van der Waals surface area contributed by atoms with Crippen LogP contribution < -0.4 is 35.3 Å². The number of benzene rings is 2. The predicted octanol–water partition coefficient (Wildman–Crippen LogP) is 2.17. The Balaban J connectivity index is 0.00000200. The molecule has 3 aliphatic rings. The van der Waals surface area contributed by atoms with Gasteiger partial charge in [0.2, 0.25) is 0 Å². The molecule has 0 N–H and O–H groups in total. The van der Waals surface area contributed by atoms with E-state index in [0.717, 1.165) is 6.42 Å². The minimum absolute atomic E-state index is 0. The van der Waals surface area contributed by atoms with Crippen molar-refractivity contribution in [3.63, 3.8) is 0 Å². The fraction of sp³-hybridized carbons (Fsp3) is 0.486. The summed E-state index contributed by atoms with van der Waals surface area (Å²) in [7, 11) is 0. The number of rotatable bonds is 2. The van der Waals surface area contributed by atoms with Crippen molar-refractivity contribution >= 4 is 14.4 Å². The Morgan fingerprint density at radius 3 is 2.03 bits per heavy atom. The van der Waals surface area contributed by atoms with Gasteiger partial charge < -0.3 is 24.8 Å². The predicted molar refractivity (Wildman–Crippen MR) is 152 cm³/mol. The summed E-state index contributed by atoms with van der Waals surface area (Å²) in [6, 6.07) is 7.39. The normalized spacial score (nSPS) is 17.0. The minimum atomic E-state index is 0. The number of halogens is 2. The second-order valence-corrected chi connectivity index (χ2v) is 14.8. The largest absolute Gasteiger partial charge is 1.00 e. The van der Waals surface area contributed by atoms with Gasteiger partial charge in [-0.05, 0) is 0 Å². The van der Waals surface area contributed by atoms with Crippen molar-refractivity contribution in [1.29, 1.82) is 0 Å². The van der Waals surface area contributed by atoms with Gasteiger partial charge in [0.15, 0.2) is 0 Å². The molecule has 0 nitrogen and oxygen atoms in total. The van der Waals surface area contributed by atoms with Gasteiger partial charge in [0.25, 0.3) is 0 Å². The third-order valence-corrected chi connectivity index (χ3v) is 9.85. The Kier molecular flexibility index (Phi) is 9.62. The van der Waals surface area contributed by atoms with E-state index in [1.54, 1.807) is 36.0 Å². The first-order valence-electron chi connectivity index (χ1n) is 14.1. The summed E-state index contributed by atoms with van der Waals surface area (Å²) in [5, 5.41) is 6.10.